The summed E-state index contributed by atoms with van der Waals surface area (Å²) < 4.78 is 2.39. The number of fused-ring (bicyclic) bond motifs is 5. The van der Waals surface area contributed by atoms with Crippen LogP contribution in [0.2, 0.25) is 0 Å². The van der Waals surface area contributed by atoms with Crippen LogP contribution in [0.5, 0.6) is 0 Å². The molecule has 3 heterocycles. The fraction of sp³-hybridized carbons (Fsp3) is 0.438. The zero-order valence-electron chi connectivity index (χ0n) is 46.4. The van der Waals surface area contributed by atoms with Gasteiger partial charge in [-0.25, -0.2) is 11.3 Å². The second-order valence-electron chi connectivity index (χ2n) is 20.9. The molecular weight excluding hydrogens is 1280 g/mol. The number of carbonyl (C=O) groups excluding carboxylic acids is 2. The van der Waals surface area contributed by atoms with Gasteiger partial charge in [-0.1, -0.05) is 140 Å². The standard InChI is InChI=1S/C34H24N2S.2C15H28O2.2Pt/c1-19-11-21(3)29-17-35-31(15-23(29)13-19)27-9-5-7-25-26-8-6-10-28(34(26)37-33(25)27)32-16-24-14-20(2)12-22(4)30(24)18-36-32;2*1-7-14(5,8-2)12(16)11-13(17)15(6,9-3)10-4;;/h5-8,11-18H,1-4H3;2*11,16H,7-10H2,1-6H3;;/q-2;;;;/b;2*12-11-;;. The predicted octanol–water partition coefficient (Wildman–Crippen LogP) is 18.6. The van der Waals surface area contributed by atoms with Gasteiger partial charge in [-0.15, -0.1) is 58.3 Å². The van der Waals surface area contributed by atoms with Gasteiger partial charge in [-0.05, 0) is 112 Å². The van der Waals surface area contributed by atoms with Crippen LogP contribution in [-0.4, -0.2) is 31.7 Å². The van der Waals surface area contributed by atoms with Crippen molar-refractivity contribution in [1.82, 2.24) is 9.97 Å². The van der Waals surface area contributed by atoms with Gasteiger partial charge in [0.05, 0.1) is 0 Å². The number of ketones is 2. The average Bonchev–Trinajstić information content (AvgIpc) is 3.76. The first-order chi connectivity index (χ1) is 33.5. The van der Waals surface area contributed by atoms with Crippen LogP contribution in [-0.2, 0) is 51.7 Å². The summed E-state index contributed by atoms with van der Waals surface area (Å²) in [5, 5.41) is 27.5. The molecule has 0 aliphatic heterocycles. The Morgan fingerprint density at radius 3 is 1.12 bits per heavy atom. The number of aryl methyl sites for hydroxylation is 4. The van der Waals surface area contributed by atoms with E-state index in [2.05, 4.69) is 88.4 Å². The van der Waals surface area contributed by atoms with Crippen LogP contribution in [0, 0.1) is 61.5 Å². The van der Waals surface area contributed by atoms with Crippen molar-refractivity contribution in [1.29, 1.82) is 0 Å². The van der Waals surface area contributed by atoms with Crippen LogP contribution in [0.15, 0.2) is 96.7 Å². The summed E-state index contributed by atoms with van der Waals surface area (Å²) in [6.07, 6.45) is 13.5. The molecular formula is C64H80N2O4Pt2S-2. The first-order valence-electron chi connectivity index (χ1n) is 26.0. The molecule has 7 aromatic rings. The number of hydrogen-bond donors (Lipinski definition) is 2. The maximum absolute atomic E-state index is 12.2. The summed E-state index contributed by atoms with van der Waals surface area (Å²) in [5.41, 5.74) is 7.83. The van der Waals surface area contributed by atoms with Gasteiger partial charge in [0.15, 0.2) is 11.6 Å². The van der Waals surface area contributed by atoms with E-state index in [1.165, 1.54) is 76.1 Å². The molecule has 0 fully saturated rings. The molecule has 0 aliphatic carbocycles. The number of carbonyl (C=O) groups is 2. The molecule has 0 amide bonds. The Bertz CT molecular complexity index is 2890. The molecule has 4 aromatic carbocycles. The number of pyridine rings is 2. The molecule has 2 N–H and O–H groups in total. The van der Waals surface area contributed by atoms with Gasteiger partial charge in [0.25, 0.3) is 0 Å². The Morgan fingerprint density at radius 1 is 0.507 bits per heavy atom. The van der Waals surface area contributed by atoms with Crippen LogP contribution in [0.3, 0.4) is 0 Å². The fourth-order valence-electron chi connectivity index (χ4n) is 8.98. The van der Waals surface area contributed by atoms with E-state index in [9.17, 15) is 19.8 Å². The van der Waals surface area contributed by atoms with E-state index in [1.807, 2.05) is 108 Å². The van der Waals surface area contributed by atoms with Gasteiger partial charge in [0.2, 0.25) is 0 Å². The molecule has 3 aromatic heterocycles. The maximum Gasteiger partial charge on any atom is 0.164 e. The average molecular weight is 1360 g/mol. The largest absolute Gasteiger partial charge is 0.512 e. The van der Waals surface area contributed by atoms with Gasteiger partial charge in [-0.3, -0.25) is 9.59 Å². The van der Waals surface area contributed by atoms with Crippen LogP contribution >= 0.6 is 11.3 Å². The molecule has 0 aliphatic rings. The number of aliphatic hydroxyl groups is 2. The number of thiophene rings is 1. The molecule has 398 valence electrons. The van der Waals surface area contributed by atoms with E-state index in [1.54, 1.807) is 11.3 Å². The minimum atomic E-state index is -0.337. The molecule has 0 saturated heterocycles. The van der Waals surface area contributed by atoms with E-state index in [0.717, 1.165) is 73.9 Å². The van der Waals surface area contributed by atoms with Gasteiger partial charge < -0.3 is 20.2 Å². The number of hydrogen-bond acceptors (Lipinski definition) is 7. The van der Waals surface area contributed by atoms with Gasteiger partial charge in [0, 0.05) is 99.1 Å². The zero-order valence-corrected chi connectivity index (χ0v) is 51.7. The summed E-state index contributed by atoms with van der Waals surface area (Å²) in [5.74, 6) is 0.572. The first kappa shape index (κ1) is 63.0. The van der Waals surface area contributed by atoms with Crippen molar-refractivity contribution in [2.75, 3.05) is 0 Å². The molecule has 73 heavy (non-hydrogen) atoms. The summed E-state index contributed by atoms with van der Waals surface area (Å²) >= 11 is 1.79. The van der Waals surface area contributed by atoms with Gasteiger partial charge in [0.1, 0.15) is 11.5 Å². The molecule has 0 spiro atoms. The fourth-order valence-corrected chi connectivity index (χ4v) is 10.3. The van der Waals surface area contributed by atoms with Crippen LogP contribution in [0.4, 0.5) is 0 Å². The van der Waals surface area contributed by atoms with Crippen molar-refractivity contribution in [2.24, 2.45) is 21.7 Å². The topological polar surface area (TPSA) is 100 Å². The number of aliphatic hydroxyl groups excluding tert-OH is 2. The Labute approximate surface area is 470 Å². The van der Waals surface area contributed by atoms with Crippen molar-refractivity contribution < 1.29 is 61.9 Å². The molecule has 0 saturated carbocycles. The van der Waals surface area contributed by atoms with E-state index < -0.39 is 0 Å². The summed E-state index contributed by atoms with van der Waals surface area (Å²) in [6.45, 7) is 32.8. The first-order valence-corrected chi connectivity index (χ1v) is 26.8. The van der Waals surface area contributed by atoms with E-state index in [4.69, 9.17) is 9.97 Å². The third-order valence-corrected chi connectivity index (χ3v) is 17.7. The number of nitrogens with zero attached hydrogens (tertiary/aromatic N) is 2. The Hall–Kier alpha value is -4.28. The molecule has 0 radical (unpaired) electrons. The van der Waals surface area contributed by atoms with Crippen LogP contribution < -0.4 is 0 Å². The van der Waals surface area contributed by atoms with E-state index in [0.29, 0.717) is 0 Å². The third kappa shape index (κ3) is 13.8. The molecule has 7 rings (SSSR count). The quantitative estimate of drug-likeness (QED) is 0.0568. The second-order valence-corrected chi connectivity index (χ2v) is 21.9. The number of aromatic nitrogens is 2. The maximum atomic E-state index is 12.2. The summed E-state index contributed by atoms with van der Waals surface area (Å²) in [4.78, 5) is 34.1. The van der Waals surface area contributed by atoms with E-state index in [-0.39, 0.29) is 86.9 Å². The number of benzene rings is 4. The van der Waals surface area contributed by atoms with Crippen LogP contribution in [0.25, 0.3) is 64.2 Å². The van der Waals surface area contributed by atoms with Crippen LogP contribution in [0.1, 0.15) is 157 Å². The third-order valence-electron chi connectivity index (χ3n) is 16.5. The van der Waals surface area contributed by atoms with Crippen molar-refractivity contribution in [3.63, 3.8) is 0 Å². The Kier molecular flexibility index (Phi) is 22.8. The van der Waals surface area contributed by atoms with Crippen molar-refractivity contribution in [2.45, 2.75) is 162 Å². The SMILES string of the molecule is CCC(C)(CC)C(=O)/C=C(\O)C(C)(CC)CC.CCC(C)(CC)C(=O)/C=C(\O)C(C)(CC)CC.Cc1cc(C)c2cnc(-c3[c-]ccc4c3sc3c(-c5cc6cc(C)cc(C)c6cn5)[c-]ccc34)cc2c1.[Pt].[Pt]. The minimum absolute atomic E-state index is 0. The smallest absolute Gasteiger partial charge is 0.164 e. The zero-order chi connectivity index (χ0) is 52.6. The monoisotopic (exact) mass is 1360 g/mol. The predicted molar refractivity (Wildman–Crippen MR) is 304 cm³/mol. The van der Waals surface area contributed by atoms with Crippen molar-refractivity contribution >= 4 is 64.6 Å². The molecule has 0 atom stereocenters. The Balaban J connectivity index is 0.000000331. The molecule has 6 nitrogen and oxygen atoms in total. The van der Waals surface area contributed by atoms with E-state index >= 15 is 0 Å². The van der Waals surface area contributed by atoms with Crippen molar-refractivity contribution in [3.05, 3.63) is 131 Å². The van der Waals surface area contributed by atoms with Gasteiger partial charge >= 0.3 is 0 Å². The Morgan fingerprint density at radius 2 is 0.822 bits per heavy atom. The molecule has 9 heteroatoms. The van der Waals surface area contributed by atoms with Gasteiger partial charge in [-0.2, -0.15) is 0 Å². The minimum Gasteiger partial charge on any atom is -0.512 e. The summed E-state index contributed by atoms with van der Waals surface area (Å²) in [6, 6.07) is 28.7. The number of rotatable bonds is 16. The molecule has 0 bridgehead atoms. The summed E-state index contributed by atoms with van der Waals surface area (Å²) in [7, 11) is 0. The second kappa shape index (κ2) is 26.5. The molecule has 0 unspecified atom stereocenters. The normalized spacial score (nSPS) is 12.4. The van der Waals surface area contributed by atoms with Crippen molar-refractivity contribution in [3.8, 4) is 22.5 Å². The number of allylic oxidation sites excluding steroid dienone is 4.